The van der Waals surface area contributed by atoms with Crippen molar-refractivity contribution < 1.29 is 66.5 Å². The summed E-state index contributed by atoms with van der Waals surface area (Å²) in [6, 6.07) is 11.0. The molecule has 0 N–H and O–H groups in total. The van der Waals surface area contributed by atoms with E-state index in [9.17, 15) is 19.2 Å². The van der Waals surface area contributed by atoms with Crippen molar-refractivity contribution in [2.45, 2.75) is 0 Å². The Morgan fingerprint density at radius 3 is 1.00 bits per heavy atom. The lowest BCUT2D eigenvalue weighted by Gasteiger charge is -2.16. The summed E-state index contributed by atoms with van der Waals surface area (Å²) in [6.07, 6.45) is 0. The van der Waals surface area contributed by atoms with Crippen molar-refractivity contribution in [1.82, 2.24) is 0 Å². The van der Waals surface area contributed by atoms with Gasteiger partial charge in [-0.3, -0.25) is 19.2 Å². The number of methoxy groups -OCH3 is 6. The van der Waals surface area contributed by atoms with Crippen LogP contribution in [0.3, 0.4) is 0 Å². The first-order valence-electron chi connectivity index (χ1n) is 14.8. The zero-order valence-electron chi connectivity index (χ0n) is 27.7. The highest BCUT2D eigenvalue weighted by atomic mass is 16.7. The van der Waals surface area contributed by atoms with Crippen LogP contribution in [-0.4, -0.2) is 79.4 Å². The maximum atomic E-state index is 14.2. The Morgan fingerprint density at radius 1 is 0.420 bits per heavy atom. The third-order valence-electron chi connectivity index (χ3n) is 8.07. The number of hydrogen-bond acceptors (Lipinski definition) is 14. The fraction of sp³-hybridized carbons (Fsp3) is 0.222. The van der Waals surface area contributed by atoms with Crippen LogP contribution in [0.4, 0.5) is 0 Å². The lowest BCUT2D eigenvalue weighted by Crippen LogP contribution is -2.18. The minimum Gasteiger partial charge on any atom is -0.493 e. The van der Waals surface area contributed by atoms with E-state index >= 15 is 0 Å². The van der Waals surface area contributed by atoms with Gasteiger partial charge in [0.15, 0.2) is 46.0 Å². The molecule has 0 bridgehead atoms. The summed E-state index contributed by atoms with van der Waals surface area (Å²) in [4.78, 5) is 56.0. The lowest BCUT2D eigenvalue weighted by molar-refractivity contribution is 0.0815. The molecule has 2 heterocycles. The third kappa shape index (κ3) is 5.70. The first kappa shape index (κ1) is 33.5. The number of carbonyl (C=O) groups excluding carboxylic acids is 4. The predicted molar refractivity (Wildman–Crippen MR) is 174 cm³/mol. The first-order chi connectivity index (χ1) is 24.2. The van der Waals surface area contributed by atoms with Crippen LogP contribution in [0.2, 0.25) is 0 Å². The number of Topliss-reactive ketones (excluding diaryl/α,β-unsaturated/α-hetero) is 4. The zero-order chi connectivity index (χ0) is 35.7. The van der Waals surface area contributed by atoms with Gasteiger partial charge in [-0.15, -0.1) is 0 Å². The van der Waals surface area contributed by atoms with Gasteiger partial charge in [0.05, 0.1) is 42.7 Å². The molecule has 50 heavy (non-hydrogen) atoms. The number of rotatable bonds is 13. The van der Waals surface area contributed by atoms with Crippen LogP contribution in [0, 0.1) is 0 Å². The van der Waals surface area contributed by atoms with E-state index in [0.717, 1.165) is 0 Å². The second-order valence-electron chi connectivity index (χ2n) is 10.6. The summed E-state index contributed by atoms with van der Waals surface area (Å²) in [5.74, 6) is -1.89. The molecule has 14 heteroatoms. The molecule has 0 fully saturated rings. The molecular formula is C36H30O14. The molecule has 0 aliphatic carbocycles. The number of fused-ring (bicyclic) bond motifs is 2. The smallest absolute Gasteiger partial charge is 0.234 e. The minimum atomic E-state index is -0.973. The number of ether oxygens (including phenoxy) is 10. The fourth-order valence-electron chi connectivity index (χ4n) is 5.64. The quantitative estimate of drug-likeness (QED) is 0.137. The molecule has 0 saturated carbocycles. The molecule has 2 aliphatic heterocycles. The lowest BCUT2D eigenvalue weighted by atomic mass is 9.87. The van der Waals surface area contributed by atoms with Gasteiger partial charge in [-0.05, 0) is 59.7 Å². The summed E-state index contributed by atoms with van der Waals surface area (Å²) in [7, 11) is 8.31. The van der Waals surface area contributed by atoms with Crippen LogP contribution >= 0.6 is 0 Å². The normalized spacial score (nSPS) is 12.2. The largest absolute Gasteiger partial charge is 0.493 e. The Hall–Kier alpha value is -6.44. The topological polar surface area (TPSA) is 161 Å². The maximum Gasteiger partial charge on any atom is 0.234 e. The zero-order valence-corrected chi connectivity index (χ0v) is 27.7. The van der Waals surface area contributed by atoms with Crippen LogP contribution in [0.5, 0.6) is 57.5 Å². The van der Waals surface area contributed by atoms with E-state index in [1.807, 2.05) is 0 Å². The number of carbonyl (C=O) groups is 4. The van der Waals surface area contributed by atoms with E-state index in [1.54, 1.807) is 0 Å². The monoisotopic (exact) mass is 686 g/mol. The fourth-order valence-corrected chi connectivity index (χ4v) is 5.64. The average molecular weight is 687 g/mol. The second-order valence-corrected chi connectivity index (χ2v) is 10.6. The van der Waals surface area contributed by atoms with Crippen molar-refractivity contribution in [1.29, 1.82) is 0 Å². The van der Waals surface area contributed by atoms with Gasteiger partial charge in [0, 0.05) is 22.3 Å². The van der Waals surface area contributed by atoms with Crippen molar-refractivity contribution in [3.63, 3.8) is 0 Å². The highest BCUT2D eigenvalue weighted by molar-refractivity contribution is 6.52. The Balaban J connectivity index is 1.50. The molecule has 0 unspecified atom stereocenters. The molecule has 0 atom stereocenters. The van der Waals surface area contributed by atoms with Crippen LogP contribution in [0.15, 0.2) is 48.5 Å². The molecule has 0 radical (unpaired) electrons. The van der Waals surface area contributed by atoms with Gasteiger partial charge in [-0.1, -0.05) is 0 Å². The molecule has 0 amide bonds. The molecule has 6 rings (SSSR count). The van der Waals surface area contributed by atoms with Gasteiger partial charge in [-0.25, -0.2) is 0 Å². The van der Waals surface area contributed by atoms with Crippen molar-refractivity contribution in [3.05, 3.63) is 70.8 Å². The molecule has 14 nitrogen and oxygen atoms in total. The predicted octanol–water partition coefficient (Wildman–Crippen LogP) is 4.99. The molecule has 258 valence electrons. The third-order valence-corrected chi connectivity index (χ3v) is 8.07. The maximum absolute atomic E-state index is 14.2. The number of hydrogen-bond donors (Lipinski definition) is 0. The van der Waals surface area contributed by atoms with Crippen LogP contribution in [0.1, 0.15) is 41.4 Å². The molecule has 0 saturated heterocycles. The Kier molecular flexibility index (Phi) is 9.09. The van der Waals surface area contributed by atoms with E-state index in [4.69, 9.17) is 47.4 Å². The summed E-state index contributed by atoms with van der Waals surface area (Å²) in [6.45, 7) is -0.306. The minimum absolute atomic E-state index is 0.0623. The van der Waals surface area contributed by atoms with Gasteiger partial charge >= 0.3 is 0 Å². The number of ketones is 4. The summed E-state index contributed by atoms with van der Waals surface area (Å²) < 4.78 is 54.4. The van der Waals surface area contributed by atoms with E-state index in [0.29, 0.717) is 0 Å². The van der Waals surface area contributed by atoms with Gasteiger partial charge in [0.2, 0.25) is 48.2 Å². The van der Waals surface area contributed by atoms with E-state index in [-0.39, 0.29) is 104 Å². The van der Waals surface area contributed by atoms with Crippen LogP contribution in [-0.2, 0) is 0 Å². The van der Waals surface area contributed by atoms with Gasteiger partial charge in [0.1, 0.15) is 0 Å². The highest BCUT2D eigenvalue weighted by Gasteiger charge is 2.33. The van der Waals surface area contributed by atoms with Crippen molar-refractivity contribution in [3.8, 4) is 68.6 Å². The van der Waals surface area contributed by atoms with Crippen LogP contribution < -0.4 is 47.4 Å². The van der Waals surface area contributed by atoms with Crippen molar-refractivity contribution in [2.75, 3.05) is 56.2 Å². The molecule has 0 aromatic heterocycles. The van der Waals surface area contributed by atoms with Gasteiger partial charge in [0.25, 0.3) is 0 Å². The second kappa shape index (κ2) is 13.6. The van der Waals surface area contributed by atoms with E-state index < -0.39 is 23.1 Å². The highest BCUT2D eigenvalue weighted by Crippen LogP contribution is 2.46. The molecule has 4 aromatic rings. The van der Waals surface area contributed by atoms with E-state index in [2.05, 4.69) is 0 Å². The molecule has 4 aromatic carbocycles. The van der Waals surface area contributed by atoms with Crippen molar-refractivity contribution >= 4 is 23.1 Å². The number of benzene rings is 4. The van der Waals surface area contributed by atoms with E-state index in [1.165, 1.54) is 91.2 Å². The first-order valence-corrected chi connectivity index (χ1v) is 14.8. The summed E-state index contributed by atoms with van der Waals surface area (Å²) >= 11 is 0. The molecule has 2 aliphatic rings. The Labute approximate surface area is 285 Å². The molecular weight excluding hydrogens is 656 g/mol. The molecule has 0 spiro atoms. The van der Waals surface area contributed by atoms with Gasteiger partial charge in [-0.2, -0.15) is 0 Å². The Bertz CT molecular complexity index is 1870. The summed E-state index contributed by atoms with van der Waals surface area (Å²) in [5.41, 5.74) is -0.263. The average Bonchev–Trinajstić information content (AvgIpc) is 3.83. The SMILES string of the molecule is COc1cc(C(=O)C(=O)c2cc3c(cc2-c2cc4c(cc2C(=O)C(=O)c2cc(OC)c(OC)c(OC)c2)OCO4)OCO3)cc(OC)c1OC. The summed E-state index contributed by atoms with van der Waals surface area (Å²) in [5, 5.41) is 0. The van der Waals surface area contributed by atoms with Gasteiger partial charge < -0.3 is 47.4 Å². The Morgan fingerprint density at radius 2 is 0.720 bits per heavy atom. The van der Waals surface area contributed by atoms with Crippen molar-refractivity contribution in [2.24, 2.45) is 0 Å². The van der Waals surface area contributed by atoms with Crippen LogP contribution in [0.25, 0.3) is 11.1 Å². The standard InChI is InChI=1S/C36H30O14/c1-41-27-7-17(8-28(42-2)35(27)45-5)31(37)33(39)21-13-25-23(47-15-49-25)11-19(21)20-12-24-26(50-16-48-24)14-22(20)34(40)32(38)18-9-29(43-3)36(46-6)30(10-18)44-4/h7-14H,15-16H2,1-6H3.